The molecule has 0 saturated heterocycles. The molecule has 0 fully saturated rings. The third kappa shape index (κ3) is 47.4. The highest BCUT2D eigenvalue weighted by Crippen LogP contribution is 2.14. The molecule has 1 unspecified atom stereocenters. The van der Waals surface area contributed by atoms with E-state index in [1.165, 1.54) is 57.8 Å². The van der Waals surface area contributed by atoms with Crippen LogP contribution in [0.15, 0.2) is 97.2 Å². The molecule has 0 bridgehead atoms. The molecule has 0 heterocycles. The summed E-state index contributed by atoms with van der Waals surface area (Å²) < 4.78 is 16.7. The number of rotatable bonds is 44. The van der Waals surface area contributed by atoms with E-state index in [1.54, 1.807) is 0 Å². The van der Waals surface area contributed by atoms with Crippen LogP contribution in [0, 0.1) is 0 Å². The molecule has 0 radical (unpaired) electrons. The number of carbonyl (C=O) groups excluding carboxylic acids is 3. The second-order valence-electron chi connectivity index (χ2n) is 16.3. The van der Waals surface area contributed by atoms with Crippen molar-refractivity contribution in [1.82, 2.24) is 0 Å². The summed E-state index contributed by atoms with van der Waals surface area (Å²) >= 11 is 0. The minimum atomic E-state index is -0.806. The van der Waals surface area contributed by atoms with Crippen molar-refractivity contribution >= 4 is 17.9 Å². The predicted molar refractivity (Wildman–Crippen MR) is 265 cm³/mol. The van der Waals surface area contributed by atoms with Crippen LogP contribution in [0.25, 0.3) is 0 Å². The van der Waals surface area contributed by atoms with Crippen molar-refractivity contribution in [3.05, 3.63) is 97.2 Å². The highest BCUT2D eigenvalue weighted by Gasteiger charge is 2.19. The Bertz CT molecular complexity index is 1260. The van der Waals surface area contributed by atoms with Crippen LogP contribution in [0.1, 0.15) is 220 Å². The predicted octanol–water partition coefficient (Wildman–Crippen LogP) is 16.6. The summed E-state index contributed by atoms with van der Waals surface area (Å²) in [5.74, 6) is -0.968. The number of hydrogen-bond donors (Lipinski definition) is 0. The van der Waals surface area contributed by atoms with E-state index in [1.807, 2.05) is 0 Å². The zero-order valence-electron chi connectivity index (χ0n) is 40.1. The van der Waals surface area contributed by atoms with Crippen molar-refractivity contribution in [2.24, 2.45) is 0 Å². The van der Waals surface area contributed by atoms with Crippen molar-refractivity contribution in [3.63, 3.8) is 0 Å². The molecule has 0 aliphatic rings. The lowest BCUT2D eigenvalue weighted by molar-refractivity contribution is -0.167. The lowest BCUT2D eigenvalue weighted by Gasteiger charge is -2.18. The van der Waals surface area contributed by atoms with Gasteiger partial charge in [0.15, 0.2) is 6.10 Å². The van der Waals surface area contributed by atoms with Gasteiger partial charge >= 0.3 is 17.9 Å². The molecule has 352 valence electrons. The molecule has 6 heteroatoms. The highest BCUT2D eigenvalue weighted by atomic mass is 16.6. The maximum absolute atomic E-state index is 12.8. The SMILES string of the molecule is CC/C=C\C/C=C\C/C=C\C/C=C\CCCCCC(=O)OCC(COC(=O)CCCCCCCCCCCCCC)OC(=O)CCCCC/C=C\C/C=C\C/C=C\C/C=C\CC. The molecular formula is C56H92O6. The quantitative estimate of drug-likeness (QED) is 0.0263. The fourth-order valence-corrected chi connectivity index (χ4v) is 6.60. The van der Waals surface area contributed by atoms with Gasteiger partial charge in [0.2, 0.25) is 0 Å². The normalized spacial score (nSPS) is 12.9. The summed E-state index contributed by atoms with van der Waals surface area (Å²) in [5.41, 5.74) is 0. The Balaban J connectivity index is 4.51. The van der Waals surface area contributed by atoms with Gasteiger partial charge in [0, 0.05) is 19.3 Å². The summed E-state index contributed by atoms with van der Waals surface area (Å²) in [6.45, 7) is 6.34. The number of unbranched alkanes of at least 4 members (excludes halogenated alkanes) is 17. The number of allylic oxidation sites excluding steroid dienone is 16. The van der Waals surface area contributed by atoms with E-state index in [4.69, 9.17) is 14.2 Å². The lowest BCUT2D eigenvalue weighted by Crippen LogP contribution is -2.30. The summed E-state index contributed by atoms with van der Waals surface area (Å²) in [6, 6.07) is 0. The molecule has 0 aromatic heterocycles. The number of carbonyl (C=O) groups is 3. The fraction of sp³-hybridized carbons (Fsp3) is 0.661. The van der Waals surface area contributed by atoms with Gasteiger partial charge in [-0.3, -0.25) is 14.4 Å². The van der Waals surface area contributed by atoms with Gasteiger partial charge in [-0.1, -0.05) is 201 Å². The van der Waals surface area contributed by atoms with E-state index in [9.17, 15) is 14.4 Å². The van der Waals surface area contributed by atoms with Crippen molar-refractivity contribution in [1.29, 1.82) is 0 Å². The van der Waals surface area contributed by atoms with E-state index < -0.39 is 6.10 Å². The van der Waals surface area contributed by atoms with Gasteiger partial charge in [-0.25, -0.2) is 0 Å². The first-order valence-electron chi connectivity index (χ1n) is 25.2. The molecule has 6 nitrogen and oxygen atoms in total. The molecule has 0 aromatic carbocycles. The Morgan fingerprint density at radius 1 is 0.339 bits per heavy atom. The van der Waals surface area contributed by atoms with E-state index >= 15 is 0 Å². The van der Waals surface area contributed by atoms with Crippen molar-refractivity contribution < 1.29 is 28.6 Å². The van der Waals surface area contributed by atoms with E-state index in [2.05, 4.69) is 118 Å². The topological polar surface area (TPSA) is 78.9 Å². The van der Waals surface area contributed by atoms with Gasteiger partial charge in [-0.2, -0.15) is 0 Å². The van der Waals surface area contributed by atoms with Crippen molar-refractivity contribution in [3.8, 4) is 0 Å². The summed E-state index contributed by atoms with van der Waals surface area (Å²) in [6.07, 6.45) is 65.3. The van der Waals surface area contributed by atoms with E-state index in [0.717, 1.165) is 122 Å². The number of ether oxygens (including phenoxy) is 3. The van der Waals surface area contributed by atoms with Crippen LogP contribution < -0.4 is 0 Å². The minimum absolute atomic E-state index is 0.100. The first-order valence-corrected chi connectivity index (χ1v) is 25.2. The fourth-order valence-electron chi connectivity index (χ4n) is 6.60. The Morgan fingerprint density at radius 3 is 0.984 bits per heavy atom. The molecule has 0 spiro atoms. The Labute approximate surface area is 381 Å². The average molecular weight is 861 g/mol. The molecule has 0 amide bonds. The first-order chi connectivity index (χ1) is 30.5. The maximum Gasteiger partial charge on any atom is 0.306 e. The average Bonchev–Trinajstić information content (AvgIpc) is 3.27. The standard InChI is InChI=1S/C56H92O6/c1-4-7-10-13-16-19-22-25-27-29-31-34-37-40-43-46-49-55(58)61-52-53(51-60-54(57)48-45-42-39-36-33-24-21-18-15-12-9-6-3)62-56(59)50-47-44-41-38-35-32-30-28-26-23-20-17-14-11-8-5-2/h7-8,10-11,16-17,19-20,25-28,31-32,34-35,53H,4-6,9,12-15,18,21-24,29-30,33,36-52H2,1-3H3/b10-7-,11-8-,19-16-,20-17-,27-25-,28-26-,34-31-,35-32-. The van der Waals surface area contributed by atoms with Crippen LogP contribution in [0.4, 0.5) is 0 Å². The van der Waals surface area contributed by atoms with Gasteiger partial charge in [-0.15, -0.1) is 0 Å². The van der Waals surface area contributed by atoms with Crippen LogP contribution >= 0.6 is 0 Å². The second-order valence-corrected chi connectivity index (χ2v) is 16.3. The Kier molecular flexibility index (Phi) is 47.0. The smallest absolute Gasteiger partial charge is 0.306 e. The Morgan fingerprint density at radius 2 is 0.629 bits per heavy atom. The molecule has 0 aromatic rings. The maximum atomic E-state index is 12.8. The summed E-state index contributed by atoms with van der Waals surface area (Å²) in [5, 5.41) is 0. The zero-order valence-corrected chi connectivity index (χ0v) is 40.1. The van der Waals surface area contributed by atoms with E-state index in [0.29, 0.717) is 12.8 Å². The molecule has 0 N–H and O–H groups in total. The summed E-state index contributed by atoms with van der Waals surface area (Å²) in [7, 11) is 0. The third-order valence-corrected chi connectivity index (χ3v) is 10.3. The van der Waals surface area contributed by atoms with Gasteiger partial charge in [0.05, 0.1) is 0 Å². The van der Waals surface area contributed by atoms with Crippen LogP contribution in [0.2, 0.25) is 0 Å². The minimum Gasteiger partial charge on any atom is -0.462 e. The van der Waals surface area contributed by atoms with Crippen LogP contribution in [-0.2, 0) is 28.6 Å². The van der Waals surface area contributed by atoms with Crippen LogP contribution in [-0.4, -0.2) is 37.2 Å². The Hall–Kier alpha value is -3.67. The van der Waals surface area contributed by atoms with Crippen molar-refractivity contribution in [2.45, 2.75) is 226 Å². The second kappa shape index (κ2) is 50.0. The third-order valence-electron chi connectivity index (χ3n) is 10.3. The largest absolute Gasteiger partial charge is 0.462 e. The van der Waals surface area contributed by atoms with Gasteiger partial charge in [0.1, 0.15) is 13.2 Å². The first kappa shape index (κ1) is 58.3. The van der Waals surface area contributed by atoms with Gasteiger partial charge < -0.3 is 14.2 Å². The molecule has 0 saturated carbocycles. The van der Waals surface area contributed by atoms with Gasteiger partial charge in [-0.05, 0) is 96.3 Å². The molecule has 0 aliphatic heterocycles. The molecule has 62 heavy (non-hydrogen) atoms. The summed E-state index contributed by atoms with van der Waals surface area (Å²) in [4.78, 5) is 37.9. The number of esters is 3. The zero-order chi connectivity index (χ0) is 45.1. The van der Waals surface area contributed by atoms with E-state index in [-0.39, 0.29) is 37.5 Å². The lowest BCUT2D eigenvalue weighted by atomic mass is 10.0. The monoisotopic (exact) mass is 861 g/mol. The highest BCUT2D eigenvalue weighted by molar-refractivity contribution is 5.71. The number of hydrogen-bond acceptors (Lipinski definition) is 6. The van der Waals surface area contributed by atoms with Crippen molar-refractivity contribution in [2.75, 3.05) is 13.2 Å². The molecule has 0 aliphatic carbocycles. The molecule has 0 rings (SSSR count). The van der Waals surface area contributed by atoms with Crippen LogP contribution in [0.5, 0.6) is 0 Å². The van der Waals surface area contributed by atoms with Gasteiger partial charge in [0.25, 0.3) is 0 Å². The van der Waals surface area contributed by atoms with Crippen LogP contribution in [0.3, 0.4) is 0 Å². The molecular weight excluding hydrogens is 769 g/mol. The molecule has 1 atom stereocenters.